The van der Waals surface area contributed by atoms with Gasteiger partial charge in [0.05, 0.1) is 11.7 Å². The highest BCUT2D eigenvalue weighted by atomic mass is 15.2. The van der Waals surface area contributed by atoms with Gasteiger partial charge in [-0.3, -0.25) is 9.88 Å². The summed E-state index contributed by atoms with van der Waals surface area (Å²) >= 11 is 0. The maximum absolute atomic E-state index is 4.56. The lowest BCUT2D eigenvalue weighted by Gasteiger charge is -2.30. The van der Waals surface area contributed by atoms with Gasteiger partial charge in [-0.25, -0.2) is 0 Å². The Morgan fingerprint density at radius 2 is 2.29 bits per heavy atom. The highest BCUT2D eigenvalue weighted by Gasteiger charge is 2.36. The van der Waals surface area contributed by atoms with Crippen molar-refractivity contribution in [1.82, 2.24) is 15.2 Å². The summed E-state index contributed by atoms with van der Waals surface area (Å²) < 4.78 is 0. The molecule has 94 valence electrons. The van der Waals surface area contributed by atoms with Crippen LogP contribution in [-0.2, 0) is 0 Å². The summed E-state index contributed by atoms with van der Waals surface area (Å²) in [6.07, 6.45) is 3.17. The molecule has 3 heteroatoms. The van der Waals surface area contributed by atoms with Crippen LogP contribution in [0.2, 0.25) is 0 Å². The summed E-state index contributed by atoms with van der Waals surface area (Å²) in [5.74, 6) is 0.678. The fourth-order valence-electron chi connectivity index (χ4n) is 2.90. The Kier molecular flexibility index (Phi) is 4.13. The van der Waals surface area contributed by atoms with Crippen LogP contribution in [0.15, 0.2) is 24.4 Å². The molecular weight excluding hydrogens is 210 g/mol. The molecule has 0 bridgehead atoms. The fourth-order valence-corrected chi connectivity index (χ4v) is 2.90. The van der Waals surface area contributed by atoms with Crippen molar-refractivity contribution in [1.29, 1.82) is 0 Å². The third-order valence-electron chi connectivity index (χ3n) is 3.68. The Morgan fingerprint density at radius 3 is 2.88 bits per heavy atom. The molecule has 0 aliphatic carbocycles. The van der Waals surface area contributed by atoms with Crippen LogP contribution in [0.3, 0.4) is 0 Å². The number of nitrogens with one attached hydrogen (secondary N) is 1. The van der Waals surface area contributed by atoms with E-state index in [9.17, 15) is 0 Å². The monoisotopic (exact) mass is 233 g/mol. The molecule has 1 aliphatic rings. The van der Waals surface area contributed by atoms with Crippen LogP contribution in [0.4, 0.5) is 0 Å². The van der Waals surface area contributed by atoms with Crippen LogP contribution in [0.25, 0.3) is 0 Å². The Morgan fingerprint density at radius 1 is 1.47 bits per heavy atom. The van der Waals surface area contributed by atoms with E-state index in [0.29, 0.717) is 18.0 Å². The Bertz CT molecular complexity index is 337. The quantitative estimate of drug-likeness (QED) is 0.863. The van der Waals surface area contributed by atoms with Gasteiger partial charge in [-0.1, -0.05) is 6.07 Å². The molecule has 2 atom stereocenters. The number of hydrogen-bond acceptors (Lipinski definition) is 3. The normalized spacial score (nSPS) is 25.6. The van der Waals surface area contributed by atoms with Gasteiger partial charge in [0.25, 0.3) is 0 Å². The van der Waals surface area contributed by atoms with Gasteiger partial charge < -0.3 is 5.32 Å². The molecule has 17 heavy (non-hydrogen) atoms. The SMILES string of the molecule is CNCC1CCN(C(C)C)C1c1ccccn1. The molecule has 3 nitrogen and oxygen atoms in total. The van der Waals surface area contributed by atoms with Gasteiger partial charge in [-0.15, -0.1) is 0 Å². The van der Waals surface area contributed by atoms with Gasteiger partial charge in [0.15, 0.2) is 0 Å². The highest BCUT2D eigenvalue weighted by molar-refractivity contribution is 5.13. The number of likely N-dealkylation sites (tertiary alicyclic amines) is 1. The van der Waals surface area contributed by atoms with Crippen molar-refractivity contribution in [2.24, 2.45) is 5.92 Å². The molecule has 0 saturated carbocycles. The predicted octanol–water partition coefficient (Wildman–Crippen LogP) is 2.07. The molecule has 1 N–H and O–H groups in total. The smallest absolute Gasteiger partial charge is 0.0578 e. The van der Waals surface area contributed by atoms with Crippen molar-refractivity contribution in [2.75, 3.05) is 20.1 Å². The van der Waals surface area contributed by atoms with E-state index in [2.05, 4.69) is 41.2 Å². The molecule has 0 aromatic carbocycles. The molecular formula is C14H23N3. The first-order valence-electron chi connectivity index (χ1n) is 6.55. The Balaban J connectivity index is 2.23. The van der Waals surface area contributed by atoms with Crippen LogP contribution in [0.1, 0.15) is 32.0 Å². The summed E-state index contributed by atoms with van der Waals surface area (Å²) in [5.41, 5.74) is 1.22. The van der Waals surface area contributed by atoms with E-state index in [-0.39, 0.29) is 0 Å². The fraction of sp³-hybridized carbons (Fsp3) is 0.643. The summed E-state index contributed by atoms with van der Waals surface area (Å²) in [5, 5.41) is 3.31. The zero-order chi connectivity index (χ0) is 12.3. The van der Waals surface area contributed by atoms with Crippen LogP contribution in [-0.4, -0.2) is 36.1 Å². The first-order chi connectivity index (χ1) is 8.24. The first kappa shape index (κ1) is 12.5. The summed E-state index contributed by atoms with van der Waals surface area (Å²) in [6, 6.07) is 7.31. The molecule has 2 rings (SSSR count). The van der Waals surface area contributed by atoms with Crippen LogP contribution >= 0.6 is 0 Å². The molecule has 0 spiro atoms. The van der Waals surface area contributed by atoms with Crippen LogP contribution in [0, 0.1) is 5.92 Å². The van der Waals surface area contributed by atoms with E-state index in [0.717, 1.165) is 6.54 Å². The van der Waals surface area contributed by atoms with Gasteiger partial charge in [-0.2, -0.15) is 0 Å². The van der Waals surface area contributed by atoms with Crippen LogP contribution in [0.5, 0.6) is 0 Å². The second-order valence-corrected chi connectivity index (χ2v) is 5.14. The van der Waals surface area contributed by atoms with Gasteiger partial charge in [-0.05, 0) is 58.5 Å². The van der Waals surface area contributed by atoms with Gasteiger partial charge in [0.2, 0.25) is 0 Å². The number of pyridine rings is 1. The zero-order valence-corrected chi connectivity index (χ0v) is 11.1. The topological polar surface area (TPSA) is 28.2 Å². The number of aromatic nitrogens is 1. The molecule has 1 fully saturated rings. The van der Waals surface area contributed by atoms with E-state index >= 15 is 0 Å². The zero-order valence-electron chi connectivity index (χ0n) is 11.1. The maximum atomic E-state index is 4.56. The third-order valence-corrected chi connectivity index (χ3v) is 3.68. The summed E-state index contributed by atoms with van der Waals surface area (Å²) in [6.45, 7) is 6.81. The molecule has 1 saturated heterocycles. The van der Waals surface area contributed by atoms with Crippen molar-refractivity contribution in [3.05, 3.63) is 30.1 Å². The van der Waals surface area contributed by atoms with E-state index in [1.54, 1.807) is 0 Å². The largest absolute Gasteiger partial charge is 0.319 e. The minimum absolute atomic E-state index is 0.476. The van der Waals surface area contributed by atoms with Crippen molar-refractivity contribution < 1.29 is 0 Å². The number of hydrogen-bond donors (Lipinski definition) is 1. The minimum atomic E-state index is 0.476. The standard InChI is InChI=1S/C14H23N3/c1-11(2)17-9-7-12(10-15-3)14(17)13-6-4-5-8-16-13/h4-6,8,11-12,14-15H,7,9-10H2,1-3H3. The molecule has 1 aromatic rings. The van der Waals surface area contributed by atoms with E-state index in [1.807, 2.05) is 19.3 Å². The summed E-state index contributed by atoms with van der Waals surface area (Å²) in [7, 11) is 2.04. The van der Waals surface area contributed by atoms with Crippen molar-refractivity contribution >= 4 is 0 Å². The highest BCUT2D eigenvalue weighted by Crippen LogP contribution is 2.37. The average molecular weight is 233 g/mol. The predicted molar refractivity (Wildman–Crippen MR) is 70.9 cm³/mol. The van der Waals surface area contributed by atoms with Crippen molar-refractivity contribution in [3.63, 3.8) is 0 Å². The van der Waals surface area contributed by atoms with E-state index in [1.165, 1.54) is 18.7 Å². The second-order valence-electron chi connectivity index (χ2n) is 5.14. The molecule has 2 unspecified atom stereocenters. The van der Waals surface area contributed by atoms with Gasteiger partial charge >= 0.3 is 0 Å². The van der Waals surface area contributed by atoms with Crippen molar-refractivity contribution in [3.8, 4) is 0 Å². The lowest BCUT2D eigenvalue weighted by molar-refractivity contribution is 0.179. The minimum Gasteiger partial charge on any atom is -0.319 e. The maximum Gasteiger partial charge on any atom is 0.0578 e. The second kappa shape index (κ2) is 5.61. The summed E-state index contributed by atoms with van der Waals surface area (Å²) in [4.78, 5) is 7.13. The number of rotatable bonds is 4. The number of nitrogens with zero attached hydrogens (tertiary/aromatic N) is 2. The van der Waals surface area contributed by atoms with Gasteiger partial charge in [0, 0.05) is 12.2 Å². The molecule has 1 aliphatic heterocycles. The van der Waals surface area contributed by atoms with Gasteiger partial charge in [0.1, 0.15) is 0 Å². The molecule has 1 aromatic heterocycles. The lowest BCUT2D eigenvalue weighted by atomic mass is 9.96. The van der Waals surface area contributed by atoms with E-state index in [4.69, 9.17) is 0 Å². The molecule has 0 amide bonds. The first-order valence-corrected chi connectivity index (χ1v) is 6.55. The Labute approximate surface area is 104 Å². The van der Waals surface area contributed by atoms with E-state index < -0.39 is 0 Å². The third kappa shape index (κ3) is 2.67. The molecule has 2 heterocycles. The molecule has 0 radical (unpaired) electrons. The van der Waals surface area contributed by atoms with Crippen LogP contribution < -0.4 is 5.32 Å². The Hall–Kier alpha value is -0.930. The lowest BCUT2D eigenvalue weighted by Crippen LogP contribution is -2.34. The van der Waals surface area contributed by atoms with Crippen molar-refractivity contribution in [2.45, 2.75) is 32.4 Å². The average Bonchev–Trinajstić information content (AvgIpc) is 2.74.